The highest BCUT2D eigenvalue weighted by atomic mass is 32.2. The average Bonchev–Trinajstić information content (AvgIpc) is 2.48. The molecule has 0 aliphatic heterocycles. The quantitative estimate of drug-likeness (QED) is 0.906. The van der Waals surface area contributed by atoms with E-state index in [-0.39, 0.29) is 10.6 Å². The number of amides is 1. The summed E-state index contributed by atoms with van der Waals surface area (Å²) >= 11 is 0. The number of ether oxygens (including phenoxy) is 1. The number of carbonyl (C=O) groups is 1. The first-order valence-electron chi connectivity index (χ1n) is 6.43. The number of sulfone groups is 1. The Bertz CT molecular complexity index is 820. The van der Waals surface area contributed by atoms with E-state index in [1.165, 1.54) is 30.3 Å². The summed E-state index contributed by atoms with van der Waals surface area (Å²) in [4.78, 5) is 11.8. The van der Waals surface area contributed by atoms with Crippen LogP contribution in [0.4, 0.5) is 14.5 Å². The highest BCUT2D eigenvalue weighted by molar-refractivity contribution is 7.90. The molecule has 1 amide bonds. The number of benzene rings is 2. The monoisotopic (exact) mass is 341 g/mol. The second-order valence-electron chi connectivity index (χ2n) is 4.71. The van der Waals surface area contributed by atoms with Crippen molar-refractivity contribution in [3.05, 3.63) is 54.1 Å². The number of halogens is 2. The van der Waals surface area contributed by atoms with E-state index >= 15 is 0 Å². The van der Waals surface area contributed by atoms with Crippen LogP contribution in [0.1, 0.15) is 0 Å². The third-order valence-electron chi connectivity index (χ3n) is 2.83. The van der Waals surface area contributed by atoms with E-state index in [9.17, 15) is 22.0 Å². The van der Waals surface area contributed by atoms with Crippen LogP contribution in [0, 0.1) is 11.6 Å². The summed E-state index contributed by atoms with van der Waals surface area (Å²) in [5.41, 5.74) is 0.385. The number of carbonyl (C=O) groups excluding carboxylic acids is 1. The second-order valence-corrected chi connectivity index (χ2v) is 6.73. The topological polar surface area (TPSA) is 72.5 Å². The molecule has 0 aromatic heterocycles. The second kappa shape index (κ2) is 6.74. The highest BCUT2D eigenvalue weighted by Crippen LogP contribution is 2.16. The molecule has 23 heavy (non-hydrogen) atoms. The Morgan fingerprint density at radius 2 is 1.74 bits per heavy atom. The van der Waals surface area contributed by atoms with Gasteiger partial charge in [0.1, 0.15) is 5.75 Å². The van der Waals surface area contributed by atoms with E-state index in [1.807, 2.05) is 0 Å². The Kier molecular flexibility index (Phi) is 4.95. The Balaban J connectivity index is 1.93. The zero-order valence-corrected chi connectivity index (χ0v) is 12.9. The SMILES string of the molecule is CS(=O)(=O)c1ccc(NC(=O)COc2ccc(F)c(F)c2)cc1. The average molecular weight is 341 g/mol. The molecule has 0 saturated carbocycles. The molecule has 0 radical (unpaired) electrons. The summed E-state index contributed by atoms with van der Waals surface area (Å²) in [5, 5.41) is 2.49. The van der Waals surface area contributed by atoms with E-state index in [1.54, 1.807) is 0 Å². The van der Waals surface area contributed by atoms with Gasteiger partial charge in [0.15, 0.2) is 28.1 Å². The van der Waals surface area contributed by atoms with Crippen LogP contribution < -0.4 is 10.1 Å². The minimum atomic E-state index is -3.31. The fraction of sp³-hybridized carbons (Fsp3) is 0.133. The first kappa shape index (κ1) is 16.9. The predicted octanol–water partition coefficient (Wildman–Crippen LogP) is 2.39. The Labute approximate surface area is 131 Å². The Morgan fingerprint density at radius 3 is 2.30 bits per heavy atom. The first-order chi connectivity index (χ1) is 10.8. The first-order valence-corrected chi connectivity index (χ1v) is 8.32. The van der Waals surface area contributed by atoms with E-state index in [2.05, 4.69) is 5.32 Å². The number of rotatable bonds is 5. The van der Waals surface area contributed by atoms with Crippen LogP contribution in [0.2, 0.25) is 0 Å². The molecule has 0 aliphatic carbocycles. The summed E-state index contributed by atoms with van der Waals surface area (Å²) in [6.07, 6.45) is 1.08. The molecule has 0 aliphatic rings. The fourth-order valence-corrected chi connectivity index (χ4v) is 2.33. The molecule has 2 aromatic carbocycles. The van der Waals surface area contributed by atoms with E-state index in [4.69, 9.17) is 4.74 Å². The van der Waals surface area contributed by atoms with Crippen molar-refractivity contribution >= 4 is 21.4 Å². The molecule has 0 saturated heterocycles. The molecule has 0 spiro atoms. The maximum atomic E-state index is 13.0. The minimum Gasteiger partial charge on any atom is -0.484 e. The lowest BCUT2D eigenvalue weighted by atomic mass is 10.3. The standard InChI is InChI=1S/C15H13F2NO4S/c1-23(20,21)12-5-2-10(3-6-12)18-15(19)9-22-11-4-7-13(16)14(17)8-11/h2-8H,9H2,1H3,(H,18,19). The molecule has 0 unspecified atom stereocenters. The zero-order chi connectivity index (χ0) is 17.0. The summed E-state index contributed by atoms with van der Waals surface area (Å²) in [6, 6.07) is 8.53. The molecule has 122 valence electrons. The van der Waals surface area contributed by atoms with Gasteiger partial charge < -0.3 is 10.1 Å². The molecule has 8 heteroatoms. The van der Waals surface area contributed by atoms with Crippen LogP contribution in [-0.2, 0) is 14.6 Å². The Morgan fingerprint density at radius 1 is 1.09 bits per heavy atom. The largest absolute Gasteiger partial charge is 0.484 e. The maximum absolute atomic E-state index is 13.0. The van der Waals surface area contributed by atoms with Gasteiger partial charge in [-0.05, 0) is 36.4 Å². The summed E-state index contributed by atoms with van der Waals surface area (Å²) in [5.74, 6) is -2.58. The van der Waals surface area contributed by atoms with Gasteiger partial charge in [-0.1, -0.05) is 0 Å². The smallest absolute Gasteiger partial charge is 0.262 e. The summed E-state index contributed by atoms with van der Waals surface area (Å²) in [6.45, 7) is -0.404. The molecule has 0 heterocycles. The normalized spacial score (nSPS) is 11.1. The number of hydrogen-bond acceptors (Lipinski definition) is 4. The van der Waals surface area contributed by atoms with Crippen LogP contribution >= 0.6 is 0 Å². The van der Waals surface area contributed by atoms with Crippen molar-refractivity contribution in [3.8, 4) is 5.75 Å². The third-order valence-corrected chi connectivity index (χ3v) is 3.96. The van der Waals surface area contributed by atoms with Gasteiger partial charge in [0, 0.05) is 18.0 Å². The summed E-state index contributed by atoms with van der Waals surface area (Å²) in [7, 11) is -3.31. The van der Waals surface area contributed by atoms with Crippen LogP contribution in [0.25, 0.3) is 0 Å². The van der Waals surface area contributed by atoms with Crippen LogP contribution in [0.3, 0.4) is 0 Å². The van der Waals surface area contributed by atoms with Crippen molar-refractivity contribution in [2.45, 2.75) is 4.90 Å². The van der Waals surface area contributed by atoms with Gasteiger partial charge in [-0.2, -0.15) is 0 Å². The zero-order valence-electron chi connectivity index (χ0n) is 12.0. The van der Waals surface area contributed by atoms with Crippen molar-refractivity contribution in [1.82, 2.24) is 0 Å². The lowest BCUT2D eigenvalue weighted by Gasteiger charge is -2.08. The predicted molar refractivity (Wildman–Crippen MR) is 80.0 cm³/mol. The number of hydrogen-bond donors (Lipinski definition) is 1. The molecule has 2 aromatic rings. The van der Waals surface area contributed by atoms with E-state index in [0.717, 1.165) is 18.4 Å². The Hall–Kier alpha value is -2.48. The molecular weight excluding hydrogens is 328 g/mol. The number of anilines is 1. The molecule has 0 fully saturated rings. The van der Waals surface area contributed by atoms with E-state index in [0.29, 0.717) is 5.69 Å². The van der Waals surface area contributed by atoms with Crippen LogP contribution in [-0.4, -0.2) is 27.2 Å². The molecule has 1 N–H and O–H groups in total. The maximum Gasteiger partial charge on any atom is 0.262 e. The van der Waals surface area contributed by atoms with Crippen LogP contribution in [0.15, 0.2) is 47.4 Å². The van der Waals surface area contributed by atoms with Gasteiger partial charge in [0.05, 0.1) is 4.90 Å². The van der Waals surface area contributed by atoms with Crippen molar-refractivity contribution in [2.75, 3.05) is 18.2 Å². The van der Waals surface area contributed by atoms with Crippen molar-refractivity contribution < 1.29 is 26.7 Å². The van der Waals surface area contributed by atoms with Crippen LogP contribution in [0.5, 0.6) is 5.75 Å². The molecule has 0 bridgehead atoms. The number of nitrogens with one attached hydrogen (secondary N) is 1. The van der Waals surface area contributed by atoms with Crippen molar-refractivity contribution in [2.24, 2.45) is 0 Å². The summed E-state index contributed by atoms with van der Waals surface area (Å²) < 4.78 is 53.4. The van der Waals surface area contributed by atoms with Gasteiger partial charge in [-0.3, -0.25) is 4.79 Å². The molecular formula is C15H13F2NO4S. The fourth-order valence-electron chi connectivity index (χ4n) is 1.70. The molecule has 5 nitrogen and oxygen atoms in total. The van der Waals surface area contributed by atoms with Gasteiger partial charge in [0.2, 0.25) is 0 Å². The molecule has 0 atom stereocenters. The minimum absolute atomic E-state index is 0.0199. The lowest BCUT2D eigenvalue weighted by molar-refractivity contribution is -0.118. The van der Waals surface area contributed by atoms with Gasteiger partial charge in [-0.25, -0.2) is 17.2 Å². The van der Waals surface area contributed by atoms with Gasteiger partial charge >= 0.3 is 0 Å². The third kappa shape index (κ3) is 4.75. The highest BCUT2D eigenvalue weighted by Gasteiger charge is 2.09. The lowest BCUT2D eigenvalue weighted by Crippen LogP contribution is -2.20. The van der Waals surface area contributed by atoms with Gasteiger partial charge in [-0.15, -0.1) is 0 Å². The van der Waals surface area contributed by atoms with Gasteiger partial charge in [0.25, 0.3) is 5.91 Å². The van der Waals surface area contributed by atoms with E-state index < -0.39 is 34.0 Å². The van der Waals surface area contributed by atoms with Crippen molar-refractivity contribution in [3.63, 3.8) is 0 Å². The van der Waals surface area contributed by atoms with Crippen molar-refractivity contribution in [1.29, 1.82) is 0 Å². The molecule has 2 rings (SSSR count).